The molecular weight excluding hydrogens is 252 g/mol. The molecule has 1 aromatic carbocycles. The number of hydrogen-bond donors (Lipinski definition) is 3. The number of amides is 1. The minimum absolute atomic E-state index is 0.101. The predicted molar refractivity (Wildman–Crippen MR) is 82.5 cm³/mol. The zero-order chi connectivity index (χ0) is 14.5. The van der Waals surface area contributed by atoms with Crippen LogP contribution in [0.1, 0.15) is 36.5 Å². The van der Waals surface area contributed by atoms with Crippen LogP contribution in [0.4, 0.5) is 11.4 Å². The second-order valence-corrected chi connectivity index (χ2v) is 5.44. The molecule has 20 heavy (non-hydrogen) atoms. The summed E-state index contributed by atoms with van der Waals surface area (Å²) in [5.41, 5.74) is 13.0. The van der Waals surface area contributed by atoms with Crippen molar-refractivity contribution in [1.29, 1.82) is 0 Å². The number of likely N-dealkylation sites (tertiary alicyclic amines) is 1. The topological polar surface area (TPSA) is 84.4 Å². The van der Waals surface area contributed by atoms with Gasteiger partial charge in [-0.1, -0.05) is 6.92 Å². The number of benzene rings is 1. The maximum absolute atomic E-state index is 12.2. The van der Waals surface area contributed by atoms with Gasteiger partial charge in [0.25, 0.3) is 5.91 Å². The van der Waals surface area contributed by atoms with Gasteiger partial charge in [-0.25, -0.2) is 0 Å². The van der Waals surface area contributed by atoms with Crippen LogP contribution < -0.4 is 16.8 Å². The maximum atomic E-state index is 12.2. The molecule has 0 saturated carbocycles. The molecule has 5 nitrogen and oxygen atoms in total. The summed E-state index contributed by atoms with van der Waals surface area (Å²) in [4.78, 5) is 14.7. The van der Waals surface area contributed by atoms with Crippen LogP contribution in [0.5, 0.6) is 0 Å². The van der Waals surface area contributed by atoms with Crippen molar-refractivity contribution in [1.82, 2.24) is 10.2 Å². The average molecular weight is 276 g/mol. The highest BCUT2D eigenvalue weighted by atomic mass is 16.1. The van der Waals surface area contributed by atoms with Gasteiger partial charge in [-0.15, -0.1) is 0 Å². The summed E-state index contributed by atoms with van der Waals surface area (Å²) >= 11 is 0. The van der Waals surface area contributed by atoms with Gasteiger partial charge < -0.3 is 21.7 Å². The molecule has 0 aromatic heterocycles. The van der Waals surface area contributed by atoms with Gasteiger partial charge in [-0.3, -0.25) is 4.79 Å². The van der Waals surface area contributed by atoms with E-state index in [2.05, 4.69) is 17.1 Å². The Kier molecular flexibility index (Phi) is 4.84. The van der Waals surface area contributed by atoms with E-state index in [1.54, 1.807) is 18.2 Å². The van der Waals surface area contributed by atoms with Crippen LogP contribution in [0.2, 0.25) is 0 Å². The van der Waals surface area contributed by atoms with E-state index >= 15 is 0 Å². The number of carbonyl (C=O) groups excluding carboxylic acids is 1. The van der Waals surface area contributed by atoms with Gasteiger partial charge in [-0.2, -0.15) is 0 Å². The smallest absolute Gasteiger partial charge is 0.253 e. The first-order chi connectivity index (χ1) is 9.60. The molecule has 0 unspecified atom stereocenters. The Bertz CT molecular complexity index is 467. The molecule has 0 radical (unpaired) electrons. The molecular formula is C15H24N4O. The molecule has 0 bridgehead atoms. The fourth-order valence-corrected chi connectivity index (χ4v) is 2.67. The second kappa shape index (κ2) is 6.61. The summed E-state index contributed by atoms with van der Waals surface area (Å²) in [7, 11) is 0. The van der Waals surface area contributed by atoms with E-state index in [4.69, 9.17) is 11.5 Å². The van der Waals surface area contributed by atoms with Gasteiger partial charge >= 0.3 is 0 Å². The van der Waals surface area contributed by atoms with Crippen molar-refractivity contribution < 1.29 is 4.79 Å². The molecule has 2 rings (SSSR count). The van der Waals surface area contributed by atoms with E-state index < -0.39 is 0 Å². The third kappa shape index (κ3) is 3.63. The Morgan fingerprint density at radius 3 is 2.65 bits per heavy atom. The molecule has 1 heterocycles. The van der Waals surface area contributed by atoms with E-state index in [1.807, 2.05) is 0 Å². The normalized spacial score (nSPS) is 17.1. The summed E-state index contributed by atoms with van der Waals surface area (Å²) in [6.45, 7) is 5.44. The van der Waals surface area contributed by atoms with Crippen molar-refractivity contribution in [3.05, 3.63) is 23.8 Å². The Balaban J connectivity index is 1.89. The zero-order valence-corrected chi connectivity index (χ0v) is 12.1. The Morgan fingerprint density at radius 2 is 2.05 bits per heavy atom. The number of hydrogen-bond acceptors (Lipinski definition) is 4. The van der Waals surface area contributed by atoms with E-state index in [9.17, 15) is 4.79 Å². The first-order valence-electron chi connectivity index (χ1n) is 7.28. The van der Waals surface area contributed by atoms with Crippen molar-refractivity contribution >= 4 is 17.3 Å². The molecule has 5 heteroatoms. The van der Waals surface area contributed by atoms with Crippen LogP contribution in [-0.4, -0.2) is 36.5 Å². The monoisotopic (exact) mass is 276 g/mol. The Hall–Kier alpha value is -1.75. The van der Waals surface area contributed by atoms with Crippen LogP contribution in [-0.2, 0) is 0 Å². The molecule has 0 aliphatic carbocycles. The highest BCUT2D eigenvalue weighted by molar-refractivity contribution is 5.99. The van der Waals surface area contributed by atoms with Crippen LogP contribution in [0, 0.1) is 0 Å². The Morgan fingerprint density at radius 1 is 1.35 bits per heavy atom. The number of nitrogen functional groups attached to an aromatic ring is 2. The van der Waals surface area contributed by atoms with E-state index in [-0.39, 0.29) is 11.9 Å². The number of carbonyl (C=O) groups is 1. The quantitative estimate of drug-likeness (QED) is 0.727. The maximum Gasteiger partial charge on any atom is 0.253 e. The number of nitrogens with zero attached hydrogens (tertiary/aromatic N) is 1. The number of piperidine rings is 1. The molecule has 0 spiro atoms. The summed E-state index contributed by atoms with van der Waals surface area (Å²) in [6, 6.07) is 5.26. The number of nitrogens with one attached hydrogen (secondary N) is 1. The molecule has 1 aliphatic rings. The van der Waals surface area contributed by atoms with Crippen molar-refractivity contribution in [2.45, 2.75) is 32.2 Å². The molecule has 5 N–H and O–H groups in total. The van der Waals surface area contributed by atoms with Crippen LogP contribution in [0.15, 0.2) is 18.2 Å². The van der Waals surface area contributed by atoms with Gasteiger partial charge in [-0.05, 0) is 44.0 Å². The first kappa shape index (κ1) is 14.7. The predicted octanol–water partition coefficient (Wildman–Crippen LogP) is 1.46. The van der Waals surface area contributed by atoms with E-state index in [0.29, 0.717) is 16.9 Å². The fourth-order valence-electron chi connectivity index (χ4n) is 2.67. The van der Waals surface area contributed by atoms with Crippen LogP contribution in [0.3, 0.4) is 0 Å². The lowest BCUT2D eigenvalue weighted by atomic mass is 10.0. The van der Waals surface area contributed by atoms with Gasteiger partial charge in [0.05, 0.1) is 5.56 Å². The molecule has 0 atom stereocenters. The highest BCUT2D eigenvalue weighted by Crippen LogP contribution is 2.17. The third-order valence-corrected chi connectivity index (χ3v) is 3.78. The SMILES string of the molecule is CCCN1CCC(NC(=O)c2ccc(N)cc2N)CC1. The lowest BCUT2D eigenvalue weighted by Crippen LogP contribution is -2.44. The van der Waals surface area contributed by atoms with E-state index in [0.717, 1.165) is 32.5 Å². The third-order valence-electron chi connectivity index (χ3n) is 3.78. The highest BCUT2D eigenvalue weighted by Gasteiger charge is 2.21. The minimum Gasteiger partial charge on any atom is -0.399 e. The summed E-state index contributed by atoms with van der Waals surface area (Å²) < 4.78 is 0. The van der Waals surface area contributed by atoms with Crippen molar-refractivity contribution in [2.24, 2.45) is 0 Å². The minimum atomic E-state index is -0.101. The summed E-state index contributed by atoms with van der Waals surface area (Å²) in [5.74, 6) is -0.101. The van der Waals surface area contributed by atoms with Crippen molar-refractivity contribution in [3.8, 4) is 0 Å². The number of nitrogens with two attached hydrogens (primary N) is 2. The second-order valence-electron chi connectivity index (χ2n) is 5.44. The van der Waals surface area contributed by atoms with E-state index in [1.165, 1.54) is 6.42 Å². The molecule has 1 aliphatic heterocycles. The molecule has 110 valence electrons. The van der Waals surface area contributed by atoms with Crippen molar-refractivity contribution in [3.63, 3.8) is 0 Å². The van der Waals surface area contributed by atoms with Gasteiger partial charge in [0, 0.05) is 30.5 Å². The molecule has 1 saturated heterocycles. The van der Waals surface area contributed by atoms with Crippen molar-refractivity contribution in [2.75, 3.05) is 31.1 Å². The number of rotatable bonds is 4. The lowest BCUT2D eigenvalue weighted by molar-refractivity contribution is 0.0912. The van der Waals surface area contributed by atoms with Gasteiger partial charge in [0.15, 0.2) is 0 Å². The zero-order valence-electron chi connectivity index (χ0n) is 12.1. The fraction of sp³-hybridized carbons (Fsp3) is 0.533. The van der Waals surface area contributed by atoms with Crippen LogP contribution >= 0.6 is 0 Å². The largest absolute Gasteiger partial charge is 0.399 e. The lowest BCUT2D eigenvalue weighted by Gasteiger charge is -2.32. The first-order valence-corrected chi connectivity index (χ1v) is 7.28. The average Bonchev–Trinajstić information content (AvgIpc) is 2.41. The molecule has 1 fully saturated rings. The molecule has 1 aromatic rings. The summed E-state index contributed by atoms with van der Waals surface area (Å²) in [5, 5.41) is 3.07. The summed E-state index contributed by atoms with van der Waals surface area (Å²) in [6.07, 6.45) is 3.18. The number of anilines is 2. The molecule has 1 amide bonds. The van der Waals surface area contributed by atoms with Gasteiger partial charge in [0.1, 0.15) is 0 Å². The standard InChI is InChI=1S/C15H24N4O/c1-2-7-19-8-5-12(6-9-19)18-15(20)13-4-3-11(16)10-14(13)17/h3-4,10,12H,2,5-9,16-17H2,1H3,(H,18,20). The van der Waals surface area contributed by atoms with Crippen LogP contribution in [0.25, 0.3) is 0 Å². The van der Waals surface area contributed by atoms with Gasteiger partial charge in [0.2, 0.25) is 0 Å². The Labute approximate surface area is 120 Å².